The summed E-state index contributed by atoms with van der Waals surface area (Å²) >= 11 is 3.29. The number of anilines is 3. The largest absolute Gasteiger partial charge is 0.378 e. The lowest BCUT2D eigenvalue weighted by Gasteiger charge is -2.13. The van der Waals surface area contributed by atoms with Crippen molar-refractivity contribution in [2.24, 2.45) is 0 Å². The summed E-state index contributed by atoms with van der Waals surface area (Å²) in [6, 6.07) is 10.8. The average molecular weight is 335 g/mol. The maximum absolute atomic E-state index is 11.8. The predicted octanol–water partition coefficient (Wildman–Crippen LogP) is 3.55. The third-order valence-electron chi connectivity index (χ3n) is 2.61. The van der Waals surface area contributed by atoms with Crippen LogP contribution < -0.4 is 15.5 Å². The Kier molecular flexibility index (Phi) is 4.57. The zero-order chi connectivity index (χ0) is 14.5. The molecule has 0 bridgehead atoms. The molecule has 1 aromatic heterocycles. The molecule has 0 spiro atoms. The van der Waals surface area contributed by atoms with Crippen molar-refractivity contribution in [3.05, 3.63) is 47.1 Å². The van der Waals surface area contributed by atoms with Crippen LogP contribution in [0.5, 0.6) is 0 Å². The number of amides is 2. The van der Waals surface area contributed by atoms with Crippen LogP contribution in [-0.2, 0) is 0 Å². The van der Waals surface area contributed by atoms with Crippen molar-refractivity contribution in [1.82, 2.24) is 4.98 Å². The van der Waals surface area contributed by atoms with Crippen LogP contribution in [0.25, 0.3) is 0 Å². The molecular formula is C14H15BrN4O. The minimum Gasteiger partial charge on any atom is -0.378 e. The first kappa shape index (κ1) is 14.3. The standard InChI is InChI=1S/C14H15BrN4O/c1-19(2)12-6-4-11(5-7-12)17-14(20)18-13-8-3-10(15)9-16-13/h3-9H,1-2H3,(H2,16,17,18,20). The number of nitrogens with one attached hydrogen (secondary N) is 2. The van der Waals surface area contributed by atoms with Gasteiger partial charge in [-0.3, -0.25) is 5.32 Å². The quantitative estimate of drug-likeness (QED) is 0.902. The van der Waals surface area contributed by atoms with E-state index in [9.17, 15) is 4.79 Å². The Morgan fingerprint density at radius 2 is 1.80 bits per heavy atom. The van der Waals surface area contributed by atoms with Crippen molar-refractivity contribution >= 4 is 39.2 Å². The predicted molar refractivity (Wildman–Crippen MR) is 85.3 cm³/mol. The van der Waals surface area contributed by atoms with E-state index in [4.69, 9.17) is 0 Å². The Balaban J connectivity index is 1.95. The molecule has 1 heterocycles. The second kappa shape index (κ2) is 6.38. The molecule has 0 radical (unpaired) electrons. The van der Waals surface area contributed by atoms with Gasteiger partial charge >= 0.3 is 6.03 Å². The Hall–Kier alpha value is -2.08. The fourth-order valence-electron chi connectivity index (χ4n) is 1.57. The van der Waals surface area contributed by atoms with Gasteiger partial charge in [-0.2, -0.15) is 0 Å². The number of benzene rings is 1. The molecule has 2 N–H and O–H groups in total. The lowest BCUT2D eigenvalue weighted by Crippen LogP contribution is -2.20. The molecule has 0 aliphatic carbocycles. The smallest absolute Gasteiger partial charge is 0.324 e. The Labute approximate surface area is 126 Å². The van der Waals surface area contributed by atoms with Crippen LogP contribution >= 0.6 is 15.9 Å². The summed E-state index contributed by atoms with van der Waals surface area (Å²) in [6.07, 6.45) is 1.63. The number of urea groups is 1. The van der Waals surface area contributed by atoms with E-state index in [0.717, 1.165) is 15.8 Å². The highest BCUT2D eigenvalue weighted by Crippen LogP contribution is 2.16. The summed E-state index contributed by atoms with van der Waals surface area (Å²) in [6.45, 7) is 0. The SMILES string of the molecule is CN(C)c1ccc(NC(=O)Nc2ccc(Br)cn2)cc1. The van der Waals surface area contributed by atoms with Crippen LogP contribution in [0, 0.1) is 0 Å². The second-order valence-electron chi connectivity index (χ2n) is 4.38. The molecule has 0 aliphatic rings. The number of aromatic nitrogens is 1. The highest BCUT2D eigenvalue weighted by Gasteiger charge is 2.04. The molecule has 5 nitrogen and oxygen atoms in total. The summed E-state index contributed by atoms with van der Waals surface area (Å²) in [4.78, 5) is 17.9. The topological polar surface area (TPSA) is 57.3 Å². The van der Waals surface area contributed by atoms with Crippen molar-refractivity contribution in [3.63, 3.8) is 0 Å². The Bertz CT molecular complexity index is 581. The molecule has 1 aromatic carbocycles. The van der Waals surface area contributed by atoms with Crippen molar-refractivity contribution in [3.8, 4) is 0 Å². The van der Waals surface area contributed by atoms with E-state index >= 15 is 0 Å². The maximum Gasteiger partial charge on any atom is 0.324 e. The number of carbonyl (C=O) groups is 1. The van der Waals surface area contributed by atoms with Crippen LogP contribution in [-0.4, -0.2) is 25.1 Å². The number of rotatable bonds is 3. The number of pyridine rings is 1. The van der Waals surface area contributed by atoms with E-state index in [0.29, 0.717) is 5.82 Å². The lowest BCUT2D eigenvalue weighted by molar-refractivity contribution is 0.262. The number of halogens is 1. The van der Waals surface area contributed by atoms with Gasteiger partial charge in [-0.25, -0.2) is 9.78 Å². The van der Waals surface area contributed by atoms with Gasteiger partial charge in [-0.15, -0.1) is 0 Å². The molecule has 2 amide bonds. The van der Waals surface area contributed by atoms with Crippen LogP contribution in [0.4, 0.5) is 22.0 Å². The summed E-state index contributed by atoms with van der Waals surface area (Å²) in [5, 5.41) is 5.41. The van der Waals surface area contributed by atoms with Gasteiger partial charge in [0.2, 0.25) is 0 Å². The third kappa shape index (κ3) is 3.96. The van der Waals surface area contributed by atoms with Crippen LogP contribution in [0.2, 0.25) is 0 Å². The molecular weight excluding hydrogens is 320 g/mol. The molecule has 104 valence electrons. The number of nitrogens with zero attached hydrogens (tertiary/aromatic N) is 2. The molecule has 0 aliphatic heterocycles. The van der Waals surface area contributed by atoms with E-state index < -0.39 is 0 Å². The van der Waals surface area contributed by atoms with E-state index in [1.807, 2.05) is 49.3 Å². The first-order valence-corrected chi connectivity index (χ1v) is 6.81. The molecule has 0 unspecified atom stereocenters. The zero-order valence-electron chi connectivity index (χ0n) is 11.2. The monoisotopic (exact) mass is 334 g/mol. The van der Waals surface area contributed by atoms with Gasteiger partial charge in [0.25, 0.3) is 0 Å². The first-order valence-electron chi connectivity index (χ1n) is 6.01. The third-order valence-corrected chi connectivity index (χ3v) is 3.08. The zero-order valence-corrected chi connectivity index (χ0v) is 12.8. The molecule has 6 heteroatoms. The van der Waals surface area contributed by atoms with Gasteiger partial charge in [-0.05, 0) is 52.3 Å². The van der Waals surface area contributed by atoms with Crippen molar-refractivity contribution < 1.29 is 4.79 Å². The van der Waals surface area contributed by atoms with Gasteiger partial charge < -0.3 is 10.2 Å². The van der Waals surface area contributed by atoms with E-state index in [1.54, 1.807) is 12.3 Å². The second-order valence-corrected chi connectivity index (χ2v) is 5.30. The minimum absolute atomic E-state index is 0.322. The van der Waals surface area contributed by atoms with Crippen molar-refractivity contribution in [2.45, 2.75) is 0 Å². The first-order chi connectivity index (χ1) is 9.54. The minimum atomic E-state index is -0.322. The number of hydrogen-bond acceptors (Lipinski definition) is 3. The van der Waals surface area contributed by atoms with Gasteiger partial charge in [0.15, 0.2) is 0 Å². The van der Waals surface area contributed by atoms with Crippen molar-refractivity contribution in [1.29, 1.82) is 0 Å². The Morgan fingerprint density at radius 1 is 1.10 bits per heavy atom. The normalized spacial score (nSPS) is 9.95. The summed E-state index contributed by atoms with van der Waals surface area (Å²) in [5.74, 6) is 0.496. The summed E-state index contributed by atoms with van der Waals surface area (Å²) in [5.41, 5.74) is 1.80. The van der Waals surface area contributed by atoms with E-state index in [1.165, 1.54) is 0 Å². The number of hydrogen-bond donors (Lipinski definition) is 2. The fourth-order valence-corrected chi connectivity index (χ4v) is 1.81. The van der Waals surface area contributed by atoms with Gasteiger partial charge in [-0.1, -0.05) is 0 Å². The highest BCUT2D eigenvalue weighted by molar-refractivity contribution is 9.10. The van der Waals surface area contributed by atoms with E-state index in [2.05, 4.69) is 31.5 Å². The number of carbonyl (C=O) groups excluding carboxylic acids is 1. The molecule has 0 fully saturated rings. The average Bonchev–Trinajstić information content (AvgIpc) is 2.42. The van der Waals surface area contributed by atoms with E-state index in [-0.39, 0.29) is 6.03 Å². The molecule has 2 rings (SSSR count). The summed E-state index contributed by atoms with van der Waals surface area (Å²) < 4.78 is 0.864. The molecule has 0 atom stereocenters. The van der Waals surface area contributed by atoms with Crippen LogP contribution in [0.3, 0.4) is 0 Å². The lowest BCUT2D eigenvalue weighted by atomic mass is 10.2. The highest BCUT2D eigenvalue weighted by atomic mass is 79.9. The Morgan fingerprint density at radius 3 is 2.35 bits per heavy atom. The van der Waals surface area contributed by atoms with Crippen LogP contribution in [0.15, 0.2) is 47.1 Å². The molecule has 0 saturated heterocycles. The van der Waals surface area contributed by atoms with Gasteiger partial charge in [0, 0.05) is 36.1 Å². The molecule has 2 aromatic rings. The van der Waals surface area contributed by atoms with Gasteiger partial charge in [0.05, 0.1) is 0 Å². The fraction of sp³-hybridized carbons (Fsp3) is 0.143. The maximum atomic E-state index is 11.8. The summed E-state index contributed by atoms with van der Waals surface area (Å²) in [7, 11) is 3.93. The molecule has 20 heavy (non-hydrogen) atoms. The van der Waals surface area contributed by atoms with Gasteiger partial charge in [0.1, 0.15) is 5.82 Å². The van der Waals surface area contributed by atoms with Crippen LogP contribution in [0.1, 0.15) is 0 Å². The van der Waals surface area contributed by atoms with Crippen molar-refractivity contribution in [2.75, 3.05) is 29.6 Å². The molecule has 0 saturated carbocycles.